The van der Waals surface area contributed by atoms with Crippen molar-refractivity contribution in [3.8, 4) is 0 Å². The summed E-state index contributed by atoms with van der Waals surface area (Å²) in [5.74, 6) is -0.845. The number of likely N-dealkylation sites (N-methyl/N-ethyl adjacent to an activating group) is 1. The molecule has 3 aromatic rings. The first-order valence-electron chi connectivity index (χ1n) is 8.02. The number of aromatic nitrogens is 2. The molecule has 7 heteroatoms. The Morgan fingerprint density at radius 1 is 1.19 bits per heavy atom. The van der Waals surface area contributed by atoms with Crippen molar-refractivity contribution in [1.29, 1.82) is 0 Å². The van der Waals surface area contributed by atoms with E-state index in [2.05, 4.69) is 5.10 Å². The van der Waals surface area contributed by atoms with E-state index in [0.29, 0.717) is 11.1 Å². The Labute approximate surface area is 154 Å². The fourth-order valence-electron chi connectivity index (χ4n) is 2.77. The fourth-order valence-corrected chi connectivity index (χ4v) is 2.99. The fraction of sp³-hybridized carbons (Fsp3) is 0.211. The highest BCUT2D eigenvalue weighted by molar-refractivity contribution is 6.31. The van der Waals surface area contributed by atoms with Gasteiger partial charge in [0.15, 0.2) is 0 Å². The van der Waals surface area contributed by atoms with Crippen LogP contribution in [0.15, 0.2) is 47.3 Å². The third kappa shape index (κ3) is 3.46. The zero-order chi connectivity index (χ0) is 18.8. The van der Waals surface area contributed by atoms with Crippen LogP contribution in [0.3, 0.4) is 0 Å². The van der Waals surface area contributed by atoms with E-state index in [-0.39, 0.29) is 35.1 Å². The standard InChI is InChI=1S/C19H17ClFN3O2/c1-12-13-6-3-4-7-14(13)19(26)24(22-12)11-18(25)23(2)10-15-16(20)8-5-9-17(15)21/h3-9H,10-11H2,1-2H3. The van der Waals surface area contributed by atoms with Gasteiger partial charge in [-0.2, -0.15) is 5.10 Å². The molecule has 0 radical (unpaired) electrons. The number of aryl methyl sites for hydroxylation is 1. The minimum atomic E-state index is -0.478. The molecule has 0 aliphatic heterocycles. The number of carbonyl (C=O) groups excluding carboxylic acids is 1. The van der Waals surface area contributed by atoms with E-state index >= 15 is 0 Å². The van der Waals surface area contributed by atoms with Gasteiger partial charge in [-0.25, -0.2) is 9.07 Å². The summed E-state index contributed by atoms with van der Waals surface area (Å²) in [6.07, 6.45) is 0. The number of fused-ring (bicyclic) bond motifs is 1. The van der Waals surface area contributed by atoms with Crippen LogP contribution in [-0.4, -0.2) is 27.6 Å². The van der Waals surface area contributed by atoms with Gasteiger partial charge in [-0.15, -0.1) is 0 Å². The Hall–Kier alpha value is -2.73. The van der Waals surface area contributed by atoms with Crippen LogP contribution in [0.25, 0.3) is 10.8 Å². The summed E-state index contributed by atoms with van der Waals surface area (Å²) in [7, 11) is 1.53. The molecule has 26 heavy (non-hydrogen) atoms. The van der Waals surface area contributed by atoms with Gasteiger partial charge in [0, 0.05) is 29.6 Å². The van der Waals surface area contributed by atoms with Crippen molar-refractivity contribution in [2.45, 2.75) is 20.0 Å². The summed E-state index contributed by atoms with van der Waals surface area (Å²) in [4.78, 5) is 26.4. The first kappa shape index (κ1) is 18.1. The Kier molecular flexibility index (Phi) is 5.04. The summed E-state index contributed by atoms with van der Waals surface area (Å²) in [5.41, 5.74) is 0.560. The second-order valence-electron chi connectivity index (χ2n) is 6.04. The molecule has 0 fully saturated rings. The first-order chi connectivity index (χ1) is 12.4. The van der Waals surface area contributed by atoms with Crippen LogP contribution >= 0.6 is 11.6 Å². The molecule has 0 aliphatic rings. The van der Waals surface area contributed by atoms with Gasteiger partial charge in [-0.3, -0.25) is 9.59 Å². The number of rotatable bonds is 4. The van der Waals surface area contributed by atoms with E-state index in [0.717, 1.165) is 10.1 Å². The lowest BCUT2D eigenvalue weighted by atomic mass is 10.1. The Balaban J connectivity index is 1.85. The molecule has 0 saturated carbocycles. The second-order valence-corrected chi connectivity index (χ2v) is 6.45. The summed E-state index contributed by atoms with van der Waals surface area (Å²) >= 11 is 6.00. The molecule has 134 valence electrons. The van der Waals surface area contributed by atoms with Gasteiger partial charge in [-0.05, 0) is 25.1 Å². The zero-order valence-corrected chi connectivity index (χ0v) is 15.1. The molecule has 3 rings (SSSR count). The smallest absolute Gasteiger partial charge is 0.275 e. The molecule has 0 saturated heterocycles. The Morgan fingerprint density at radius 2 is 1.88 bits per heavy atom. The van der Waals surface area contributed by atoms with Crippen molar-refractivity contribution in [3.63, 3.8) is 0 Å². The maximum absolute atomic E-state index is 13.9. The van der Waals surface area contributed by atoms with Crippen molar-refractivity contribution in [1.82, 2.24) is 14.7 Å². The van der Waals surface area contributed by atoms with Crippen LogP contribution in [0.4, 0.5) is 4.39 Å². The minimum absolute atomic E-state index is 0.00561. The van der Waals surface area contributed by atoms with Gasteiger partial charge >= 0.3 is 0 Å². The van der Waals surface area contributed by atoms with E-state index in [1.165, 1.54) is 24.1 Å². The quantitative estimate of drug-likeness (QED) is 0.706. The third-order valence-corrected chi connectivity index (χ3v) is 4.57. The number of nitrogens with zero attached hydrogens (tertiary/aromatic N) is 3. The molecule has 5 nitrogen and oxygen atoms in total. The summed E-state index contributed by atoms with van der Waals surface area (Å²) < 4.78 is 15.0. The molecule has 0 unspecified atom stereocenters. The van der Waals surface area contributed by atoms with Crippen molar-refractivity contribution in [2.24, 2.45) is 0 Å². The van der Waals surface area contributed by atoms with Crippen molar-refractivity contribution in [3.05, 3.63) is 74.9 Å². The summed E-state index contributed by atoms with van der Waals surface area (Å²) in [6, 6.07) is 11.5. The van der Waals surface area contributed by atoms with Crippen LogP contribution in [0.5, 0.6) is 0 Å². The lowest BCUT2D eigenvalue weighted by molar-refractivity contribution is -0.131. The van der Waals surface area contributed by atoms with Gasteiger partial charge in [0.2, 0.25) is 5.91 Å². The molecule has 0 N–H and O–H groups in total. The molecule has 1 amide bonds. The molecule has 1 heterocycles. The SMILES string of the molecule is Cc1nn(CC(=O)N(C)Cc2c(F)cccc2Cl)c(=O)c2ccccc12. The van der Waals surface area contributed by atoms with E-state index in [9.17, 15) is 14.0 Å². The zero-order valence-electron chi connectivity index (χ0n) is 14.4. The average molecular weight is 374 g/mol. The summed E-state index contributed by atoms with van der Waals surface area (Å²) in [5, 5.41) is 5.74. The van der Waals surface area contributed by atoms with E-state index < -0.39 is 5.82 Å². The van der Waals surface area contributed by atoms with Gasteiger partial charge in [0.05, 0.1) is 11.1 Å². The van der Waals surface area contributed by atoms with Crippen molar-refractivity contribution >= 4 is 28.3 Å². The van der Waals surface area contributed by atoms with Crippen molar-refractivity contribution in [2.75, 3.05) is 7.05 Å². The van der Waals surface area contributed by atoms with Crippen LogP contribution < -0.4 is 5.56 Å². The molecular formula is C19H17ClFN3O2. The third-order valence-electron chi connectivity index (χ3n) is 4.22. The van der Waals surface area contributed by atoms with Gasteiger partial charge in [0.1, 0.15) is 12.4 Å². The van der Waals surface area contributed by atoms with E-state index in [1.807, 2.05) is 12.1 Å². The molecule has 0 bridgehead atoms. The van der Waals surface area contributed by atoms with Crippen LogP contribution in [0.1, 0.15) is 11.3 Å². The molecule has 0 atom stereocenters. The summed E-state index contributed by atoms with van der Waals surface area (Å²) in [6.45, 7) is 1.56. The largest absolute Gasteiger partial charge is 0.340 e. The highest BCUT2D eigenvalue weighted by Gasteiger charge is 2.17. The molecule has 2 aromatic carbocycles. The van der Waals surface area contributed by atoms with E-state index in [1.54, 1.807) is 25.1 Å². The number of benzene rings is 2. The molecular weight excluding hydrogens is 357 g/mol. The normalized spacial score (nSPS) is 10.9. The Morgan fingerprint density at radius 3 is 2.58 bits per heavy atom. The maximum Gasteiger partial charge on any atom is 0.275 e. The highest BCUT2D eigenvalue weighted by atomic mass is 35.5. The molecule has 0 aliphatic carbocycles. The minimum Gasteiger partial charge on any atom is -0.340 e. The monoisotopic (exact) mass is 373 g/mol. The van der Waals surface area contributed by atoms with Crippen LogP contribution in [0, 0.1) is 12.7 Å². The Bertz CT molecular complexity index is 1030. The van der Waals surface area contributed by atoms with Gasteiger partial charge < -0.3 is 4.90 Å². The van der Waals surface area contributed by atoms with Crippen molar-refractivity contribution < 1.29 is 9.18 Å². The number of amides is 1. The van der Waals surface area contributed by atoms with Gasteiger partial charge in [0.25, 0.3) is 5.56 Å². The number of hydrogen-bond acceptors (Lipinski definition) is 3. The number of halogens is 2. The maximum atomic E-state index is 13.9. The highest BCUT2D eigenvalue weighted by Crippen LogP contribution is 2.20. The lowest BCUT2D eigenvalue weighted by Gasteiger charge is -2.19. The molecule has 1 aromatic heterocycles. The molecule has 0 spiro atoms. The number of hydrogen-bond donors (Lipinski definition) is 0. The van der Waals surface area contributed by atoms with E-state index in [4.69, 9.17) is 11.6 Å². The number of carbonyl (C=O) groups is 1. The second kappa shape index (κ2) is 7.25. The first-order valence-corrected chi connectivity index (χ1v) is 8.39. The topological polar surface area (TPSA) is 55.2 Å². The van der Waals surface area contributed by atoms with Gasteiger partial charge in [-0.1, -0.05) is 35.9 Å². The lowest BCUT2D eigenvalue weighted by Crippen LogP contribution is -2.35. The predicted molar refractivity (Wildman–Crippen MR) is 98.6 cm³/mol. The average Bonchev–Trinajstić information content (AvgIpc) is 2.62. The van der Waals surface area contributed by atoms with Crippen LogP contribution in [-0.2, 0) is 17.9 Å². The van der Waals surface area contributed by atoms with Crippen LogP contribution in [0.2, 0.25) is 5.02 Å². The predicted octanol–water partition coefficient (Wildman–Crippen LogP) is 3.16.